The molecule has 5 heterocycles. The third-order valence-corrected chi connectivity index (χ3v) is 5.89. The fourth-order valence-electron chi connectivity index (χ4n) is 3.70. The van der Waals surface area contributed by atoms with Crippen LogP contribution < -0.4 is 20.2 Å². The minimum atomic E-state index is -0.0366. The van der Waals surface area contributed by atoms with Gasteiger partial charge in [-0.3, -0.25) is 14.7 Å². The molecule has 3 aliphatic rings. The molecule has 0 aliphatic carbocycles. The first-order valence-corrected chi connectivity index (χ1v) is 9.55. The number of aromatic nitrogens is 3. The molecule has 3 aliphatic heterocycles. The number of hydrogen-bond acceptors (Lipinski definition) is 8. The van der Waals surface area contributed by atoms with Gasteiger partial charge in [0.25, 0.3) is 5.91 Å². The number of hydrazine groups is 1. The summed E-state index contributed by atoms with van der Waals surface area (Å²) in [7, 11) is 0. The van der Waals surface area contributed by atoms with Gasteiger partial charge in [-0.25, -0.2) is 5.43 Å². The van der Waals surface area contributed by atoms with Gasteiger partial charge in [-0.1, -0.05) is 6.92 Å². The highest BCUT2D eigenvalue weighted by molar-refractivity contribution is 7.10. The van der Waals surface area contributed by atoms with Crippen LogP contribution in [0.2, 0.25) is 0 Å². The predicted molar refractivity (Wildman–Crippen MR) is 100.0 cm³/mol. The highest BCUT2D eigenvalue weighted by Crippen LogP contribution is 2.31. The Labute approximate surface area is 155 Å². The van der Waals surface area contributed by atoms with Gasteiger partial charge in [0, 0.05) is 32.0 Å². The highest BCUT2D eigenvalue weighted by atomic mass is 32.1. The molecule has 9 heteroatoms. The molecule has 0 aromatic carbocycles. The van der Waals surface area contributed by atoms with Crippen LogP contribution in [-0.2, 0) is 4.79 Å². The smallest absolute Gasteiger partial charge is 0.258 e. The molecular formula is C17H19N7OS. The maximum absolute atomic E-state index is 12.6. The van der Waals surface area contributed by atoms with E-state index in [1.807, 2.05) is 24.4 Å². The third kappa shape index (κ3) is 2.55. The van der Waals surface area contributed by atoms with Crippen LogP contribution in [0.3, 0.4) is 0 Å². The number of nitrogens with zero attached hydrogens (tertiary/aromatic N) is 6. The van der Waals surface area contributed by atoms with Crippen molar-refractivity contribution in [2.75, 3.05) is 34.4 Å². The van der Waals surface area contributed by atoms with E-state index in [0.29, 0.717) is 18.3 Å². The van der Waals surface area contributed by atoms with E-state index in [4.69, 9.17) is 0 Å². The first-order valence-electron chi connectivity index (χ1n) is 8.77. The largest absolute Gasteiger partial charge is 0.355 e. The van der Waals surface area contributed by atoms with Gasteiger partial charge in [-0.2, -0.15) is 4.37 Å². The van der Waals surface area contributed by atoms with Gasteiger partial charge < -0.3 is 4.90 Å². The summed E-state index contributed by atoms with van der Waals surface area (Å²) in [6, 6.07) is 5.78. The van der Waals surface area contributed by atoms with Crippen molar-refractivity contribution in [3.63, 3.8) is 0 Å². The molecule has 1 N–H and O–H groups in total. The predicted octanol–water partition coefficient (Wildman–Crippen LogP) is 1.40. The molecule has 2 saturated heterocycles. The molecule has 2 atom stereocenters. The Balaban J connectivity index is 1.32. The van der Waals surface area contributed by atoms with Gasteiger partial charge in [-0.15, -0.1) is 10.2 Å². The summed E-state index contributed by atoms with van der Waals surface area (Å²) in [4.78, 5) is 16.7. The lowest BCUT2D eigenvalue weighted by Crippen LogP contribution is -2.39. The number of anilines is 3. The van der Waals surface area contributed by atoms with Gasteiger partial charge in [0.15, 0.2) is 11.6 Å². The highest BCUT2D eigenvalue weighted by Gasteiger charge is 2.41. The number of fused-ring (bicyclic) bond motifs is 1. The van der Waals surface area contributed by atoms with Crippen LogP contribution in [0.5, 0.6) is 0 Å². The molecule has 0 spiro atoms. The van der Waals surface area contributed by atoms with Gasteiger partial charge in [-0.05, 0) is 42.1 Å². The fraction of sp³-hybridized carbons (Fsp3) is 0.412. The molecule has 2 fully saturated rings. The minimum Gasteiger partial charge on any atom is -0.355 e. The maximum atomic E-state index is 12.6. The average molecular weight is 369 g/mol. The summed E-state index contributed by atoms with van der Waals surface area (Å²) < 4.78 is 4.08. The van der Waals surface area contributed by atoms with E-state index in [0.717, 1.165) is 29.5 Å². The van der Waals surface area contributed by atoms with E-state index in [1.54, 1.807) is 16.1 Å². The first kappa shape index (κ1) is 15.7. The fourth-order valence-corrected chi connectivity index (χ4v) is 4.31. The van der Waals surface area contributed by atoms with E-state index in [1.165, 1.54) is 18.0 Å². The normalized spacial score (nSPS) is 25.2. The average Bonchev–Trinajstić information content (AvgIpc) is 3.41. The molecular weight excluding hydrogens is 350 g/mol. The number of rotatable bonds is 3. The van der Waals surface area contributed by atoms with Crippen molar-refractivity contribution in [1.82, 2.24) is 20.0 Å². The monoisotopic (exact) mass is 369 g/mol. The Kier molecular flexibility index (Phi) is 3.64. The number of carbonyl (C=O) groups excluding carboxylic acids is 1. The van der Waals surface area contributed by atoms with E-state index in [-0.39, 0.29) is 11.9 Å². The van der Waals surface area contributed by atoms with Crippen molar-refractivity contribution in [3.05, 3.63) is 36.2 Å². The molecule has 2 unspecified atom stereocenters. The number of carbonyl (C=O) groups is 1. The summed E-state index contributed by atoms with van der Waals surface area (Å²) in [6.07, 6.45) is 4.74. The second kappa shape index (κ2) is 6.03. The zero-order valence-electron chi connectivity index (χ0n) is 14.4. The van der Waals surface area contributed by atoms with Crippen LogP contribution in [0.25, 0.3) is 0 Å². The zero-order valence-corrected chi connectivity index (χ0v) is 15.2. The van der Waals surface area contributed by atoms with Crippen LogP contribution in [-0.4, -0.2) is 46.2 Å². The number of amides is 1. The molecule has 0 bridgehead atoms. The van der Waals surface area contributed by atoms with Crippen molar-refractivity contribution in [2.45, 2.75) is 19.4 Å². The lowest BCUT2D eigenvalue weighted by Gasteiger charge is -2.21. The Morgan fingerprint density at radius 1 is 1.19 bits per heavy atom. The SMILES string of the molecule is CC1CCN(c2ccc(N3C=C4C(=O)N(c5ccns5)CC4N3)nn2)C1. The maximum Gasteiger partial charge on any atom is 0.258 e. The second-order valence-electron chi connectivity index (χ2n) is 6.99. The summed E-state index contributed by atoms with van der Waals surface area (Å²) in [5, 5.41) is 11.4. The van der Waals surface area contributed by atoms with Crippen LogP contribution in [0.15, 0.2) is 36.2 Å². The van der Waals surface area contributed by atoms with Crippen LogP contribution >= 0.6 is 11.5 Å². The Bertz CT molecular complexity index is 851. The molecule has 0 saturated carbocycles. The molecule has 8 nitrogen and oxygen atoms in total. The molecule has 2 aromatic rings. The number of nitrogens with one attached hydrogen (secondary N) is 1. The lowest BCUT2D eigenvalue weighted by molar-refractivity contribution is -0.114. The van der Waals surface area contributed by atoms with Crippen molar-refractivity contribution in [3.8, 4) is 0 Å². The number of hydrogen-bond donors (Lipinski definition) is 1. The van der Waals surface area contributed by atoms with Crippen LogP contribution in [0.1, 0.15) is 13.3 Å². The van der Waals surface area contributed by atoms with E-state index in [9.17, 15) is 4.79 Å². The molecule has 26 heavy (non-hydrogen) atoms. The second-order valence-corrected chi connectivity index (χ2v) is 7.80. The Morgan fingerprint density at radius 3 is 2.69 bits per heavy atom. The Morgan fingerprint density at radius 2 is 2.04 bits per heavy atom. The minimum absolute atomic E-state index is 0.0184. The van der Waals surface area contributed by atoms with E-state index < -0.39 is 0 Å². The summed E-state index contributed by atoms with van der Waals surface area (Å²) in [5.41, 5.74) is 4.08. The molecule has 134 valence electrons. The quantitative estimate of drug-likeness (QED) is 0.876. The first-order chi connectivity index (χ1) is 12.7. The lowest BCUT2D eigenvalue weighted by atomic mass is 10.2. The topological polar surface area (TPSA) is 77.5 Å². The van der Waals surface area contributed by atoms with Crippen molar-refractivity contribution >= 4 is 34.1 Å². The van der Waals surface area contributed by atoms with Gasteiger partial charge in [0.2, 0.25) is 0 Å². The third-order valence-electron chi connectivity index (χ3n) is 5.12. The zero-order chi connectivity index (χ0) is 17.7. The van der Waals surface area contributed by atoms with Gasteiger partial charge in [0.1, 0.15) is 5.00 Å². The molecule has 5 rings (SSSR count). The van der Waals surface area contributed by atoms with Gasteiger partial charge in [0.05, 0.1) is 11.6 Å². The van der Waals surface area contributed by atoms with Crippen LogP contribution in [0.4, 0.5) is 16.6 Å². The summed E-state index contributed by atoms with van der Waals surface area (Å²) in [6.45, 7) is 4.92. The van der Waals surface area contributed by atoms with Crippen molar-refractivity contribution in [2.24, 2.45) is 5.92 Å². The van der Waals surface area contributed by atoms with E-state index in [2.05, 4.69) is 31.8 Å². The van der Waals surface area contributed by atoms with E-state index >= 15 is 0 Å². The van der Waals surface area contributed by atoms with Crippen LogP contribution in [0, 0.1) is 5.92 Å². The van der Waals surface area contributed by atoms with Gasteiger partial charge >= 0.3 is 0 Å². The molecule has 2 aromatic heterocycles. The molecule has 1 amide bonds. The summed E-state index contributed by atoms with van der Waals surface area (Å²) >= 11 is 1.33. The van der Waals surface area contributed by atoms with Crippen molar-refractivity contribution < 1.29 is 4.79 Å². The molecule has 0 radical (unpaired) electrons. The standard InChI is InChI=1S/C17H19N7OS/c1-11-5-7-22(8-11)14-2-3-15(20-19-14)24-9-12-13(21-24)10-23(17(12)25)16-4-6-18-26-16/h2-4,6,9,11,13,21H,5,7-8,10H2,1H3. The van der Waals surface area contributed by atoms with Crippen molar-refractivity contribution in [1.29, 1.82) is 0 Å². The Hall–Kier alpha value is -2.52. The summed E-state index contributed by atoms with van der Waals surface area (Å²) in [5.74, 6) is 2.33.